The molecule has 7 heteroatoms. The molecule has 0 unspecified atom stereocenters. The topological polar surface area (TPSA) is 77.1 Å². The van der Waals surface area contributed by atoms with E-state index in [1.54, 1.807) is 4.90 Å². The van der Waals surface area contributed by atoms with E-state index >= 15 is 0 Å². The minimum Gasteiger partial charge on any atom is -0.444 e. The number of nitrogens with one attached hydrogen (secondary N) is 1. The highest BCUT2D eigenvalue weighted by molar-refractivity contribution is 5.69. The third kappa shape index (κ3) is 5.27. The Bertz CT molecular complexity index is 466. The Balaban J connectivity index is 1.90. The molecule has 0 radical (unpaired) electrons. The Morgan fingerprint density at radius 3 is 2.22 bits per heavy atom. The van der Waals surface area contributed by atoms with Gasteiger partial charge in [0.25, 0.3) is 0 Å². The lowest BCUT2D eigenvalue weighted by Crippen LogP contribution is -2.51. The summed E-state index contributed by atoms with van der Waals surface area (Å²) < 4.78 is 16.5. The van der Waals surface area contributed by atoms with Crippen LogP contribution in [0.25, 0.3) is 0 Å². The number of hydrogen-bond donors (Lipinski definition) is 1. The highest BCUT2D eigenvalue weighted by atomic mass is 16.6. The standard InChI is InChI=1S/C16H28N2O5/c1-15(2,3)22-13(19)17-11-7-10-8-18(9-12(11)21-10)14(20)23-16(4,5)6/h10-12H,7-9H2,1-6H3,(H,17,19)/t10-,11+,12-/m0/s1. The quantitative estimate of drug-likeness (QED) is 0.799. The van der Waals surface area contributed by atoms with Crippen LogP contribution in [-0.2, 0) is 14.2 Å². The second-order valence-corrected chi connectivity index (χ2v) is 8.17. The van der Waals surface area contributed by atoms with Crippen LogP contribution in [0.2, 0.25) is 0 Å². The molecule has 0 aromatic carbocycles. The summed E-state index contributed by atoms with van der Waals surface area (Å²) in [7, 11) is 0. The molecule has 0 spiro atoms. The molecule has 23 heavy (non-hydrogen) atoms. The van der Waals surface area contributed by atoms with E-state index in [0.717, 1.165) is 0 Å². The summed E-state index contributed by atoms with van der Waals surface area (Å²) in [5.41, 5.74) is -1.07. The molecule has 0 aromatic rings. The van der Waals surface area contributed by atoms with Crippen molar-refractivity contribution in [3.8, 4) is 0 Å². The number of carbonyl (C=O) groups is 2. The molecule has 2 aliphatic heterocycles. The summed E-state index contributed by atoms with van der Waals surface area (Å²) in [4.78, 5) is 25.8. The molecule has 0 aliphatic carbocycles. The molecule has 2 rings (SSSR count). The Labute approximate surface area is 137 Å². The van der Waals surface area contributed by atoms with Crippen LogP contribution in [0.5, 0.6) is 0 Å². The summed E-state index contributed by atoms with van der Waals surface area (Å²) in [6, 6.07) is -0.151. The van der Waals surface area contributed by atoms with Gasteiger partial charge in [0.05, 0.1) is 31.3 Å². The number of hydrogen-bond acceptors (Lipinski definition) is 5. The van der Waals surface area contributed by atoms with E-state index in [9.17, 15) is 9.59 Å². The first-order valence-electron chi connectivity index (χ1n) is 8.06. The fourth-order valence-corrected chi connectivity index (χ4v) is 2.74. The summed E-state index contributed by atoms with van der Waals surface area (Å²) >= 11 is 0. The van der Waals surface area contributed by atoms with Gasteiger partial charge in [-0.05, 0) is 48.0 Å². The van der Waals surface area contributed by atoms with Crippen molar-refractivity contribution in [2.24, 2.45) is 0 Å². The van der Waals surface area contributed by atoms with Crippen molar-refractivity contribution in [3.05, 3.63) is 0 Å². The first-order chi connectivity index (χ1) is 10.4. The summed E-state index contributed by atoms with van der Waals surface area (Å²) in [5, 5.41) is 2.85. The highest BCUT2D eigenvalue weighted by Gasteiger charge is 2.44. The van der Waals surface area contributed by atoms with Crippen molar-refractivity contribution in [3.63, 3.8) is 0 Å². The monoisotopic (exact) mass is 328 g/mol. The molecular weight excluding hydrogens is 300 g/mol. The fraction of sp³-hybridized carbons (Fsp3) is 0.875. The van der Waals surface area contributed by atoms with Crippen LogP contribution in [0, 0.1) is 0 Å². The van der Waals surface area contributed by atoms with Gasteiger partial charge in [-0.3, -0.25) is 0 Å². The molecule has 3 atom stereocenters. The Morgan fingerprint density at radius 2 is 1.65 bits per heavy atom. The van der Waals surface area contributed by atoms with Crippen LogP contribution in [0.3, 0.4) is 0 Å². The van der Waals surface area contributed by atoms with Crippen LogP contribution in [0.1, 0.15) is 48.0 Å². The lowest BCUT2D eigenvalue weighted by Gasteiger charge is -2.34. The fourth-order valence-electron chi connectivity index (χ4n) is 2.74. The number of fused-ring (bicyclic) bond motifs is 2. The first-order valence-corrected chi connectivity index (χ1v) is 8.06. The predicted octanol–water partition coefficient (Wildman–Crippen LogP) is 2.29. The molecule has 1 N–H and O–H groups in total. The molecule has 2 heterocycles. The number of amides is 2. The van der Waals surface area contributed by atoms with Crippen LogP contribution >= 0.6 is 0 Å². The lowest BCUT2D eigenvalue weighted by molar-refractivity contribution is -0.0526. The van der Waals surface area contributed by atoms with Gasteiger partial charge in [-0.15, -0.1) is 0 Å². The first kappa shape index (κ1) is 17.8. The zero-order valence-electron chi connectivity index (χ0n) is 14.8. The van der Waals surface area contributed by atoms with Gasteiger partial charge in [0.1, 0.15) is 11.2 Å². The van der Waals surface area contributed by atoms with Gasteiger partial charge in [0.2, 0.25) is 0 Å². The molecule has 2 aliphatic rings. The van der Waals surface area contributed by atoms with Gasteiger partial charge < -0.3 is 24.4 Å². The average Bonchev–Trinajstić information content (AvgIpc) is 2.59. The summed E-state index contributed by atoms with van der Waals surface area (Å²) in [5.74, 6) is 0. The number of morpholine rings is 1. The van der Waals surface area contributed by atoms with Crippen LogP contribution in [-0.4, -0.2) is 59.6 Å². The normalized spacial score (nSPS) is 27.6. The van der Waals surface area contributed by atoms with Gasteiger partial charge in [0, 0.05) is 0 Å². The lowest BCUT2D eigenvalue weighted by atomic mass is 10.1. The number of rotatable bonds is 1. The number of alkyl carbamates (subject to hydrolysis) is 1. The molecule has 132 valence electrons. The smallest absolute Gasteiger partial charge is 0.410 e. The largest absolute Gasteiger partial charge is 0.444 e. The minimum atomic E-state index is -0.541. The van der Waals surface area contributed by atoms with Crippen molar-refractivity contribution in [2.45, 2.75) is 77.4 Å². The van der Waals surface area contributed by atoms with E-state index in [2.05, 4.69) is 5.32 Å². The van der Waals surface area contributed by atoms with Crippen LogP contribution in [0.4, 0.5) is 9.59 Å². The second kappa shape index (κ2) is 6.19. The predicted molar refractivity (Wildman–Crippen MR) is 84.2 cm³/mol. The van der Waals surface area contributed by atoms with E-state index in [0.29, 0.717) is 19.5 Å². The van der Waals surface area contributed by atoms with E-state index < -0.39 is 17.3 Å². The van der Waals surface area contributed by atoms with Crippen LogP contribution in [0.15, 0.2) is 0 Å². The van der Waals surface area contributed by atoms with E-state index in [1.807, 2.05) is 41.5 Å². The molecule has 0 saturated carbocycles. The van der Waals surface area contributed by atoms with Crippen molar-refractivity contribution >= 4 is 12.2 Å². The average molecular weight is 328 g/mol. The van der Waals surface area contributed by atoms with Crippen molar-refractivity contribution in [2.75, 3.05) is 13.1 Å². The minimum absolute atomic E-state index is 0.0822. The second-order valence-electron chi connectivity index (χ2n) is 8.17. The number of ether oxygens (including phenoxy) is 3. The maximum Gasteiger partial charge on any atom is 0.410 e. The molecule has 2 saturated heterocycles. The van der Waals surface area contributed by atoms with Gasteiger partial charge >= 0.3 is 12.2 Å². The highest BCUT2D eigenvalue weighted by Crippen LogP contribution is 2.28. The van der Waals surface area contributed by atoms with E-state index in [1.165, 1.54) is 0 Å². The zero-order chi connectivity index (χ0) is 17.4. The molecule has 7 nitrogen and oxygen atoms in total. The Morgan fingerprint density at radius 1 is 1.04 bits per heavy atom. The van der Waals surface area contributed by atoms with Crippen molar-refractivity contribution in [1.82, 2.24) is 10.2 Å². The van der Waals surface area contributed by atoms with Gasteiger partial charge in [-0.25, -0.2) is 9.59 Å². The molecular formula is C16H28N2O5. The van der Waals surface area contributed by atoms with Crippen LogP contribution < -0.4 is 5.32 Å². The van der Waals surface area contributed by atoms with Gasteiger partial charge in [-0.2, -0.15) is 0 Å². The zero-order valence-corrected chi connectivity index (χ0v) is 14.8. The van der Waals surface area contributed by atoms with Gasteiger partial charge in [0.15, 0.2) is 0 Å². The molecule has 0 aromatic heterocycles. The molecule has 2 amide bonds. The number of carbonyl (C=O) groups excluding carboxylic acids is 2. The molecule has 2 fully saturated rings. The van der Waals surface area contributed by atoms with E-state index in [4.69, 9.17) is 14.2 Å². The van der Waals surface area contributed by atoms with Crippen molar-refractivity contribution in [1.29, 1.82) is 0 Å². The van der Waals surface area contributed by atoms with Crippen molar-refractivity contribution < 1.29 is 23.8 Å². The number of nitrogens with zero attached hydrogens (tertiary/aromatic N) is 1. The molecule has 2 bridgehead atoms. The summed E-state index contributed by atoms with van der Waals surface area (Å²) in [6.45, 7) is 11.9. The SMILES string of the molecule is CC(C)(C)OC(=O)N[C@@H]1C[C@H]2CN(C(=O)OC(C)(C)C)C[C@@H]1O2. The van der Waals surface area contributed by atoms with E-state index in [-0.39, 0.29) is 24.3 Å². The Kier molecular flexibility index (Phi) is 4.80. The third-order valence-electron chi connectivity index (χ3n) is 3.51. The maximum atomic E-state index is 12.2. The number of likely N-dealkylation sites (tertiary alicyclic amines) is 1. The maximum absolute atomic E-state index is 12.2. The Hall–Kier alpha value is -1.50. The summed E-state index contributed by atoms with van der Waals surface area (Å²) in [6.07, 6.45) is -0.436. The van der Waals surface area contributed by atoms with Gasteiger partial charge in [-0.1, -0.05) is 0 Å². The third-order valence-corrected chi connectivity index (χ3v) is 3.51.